The highest BCUT2D eigenvalue weighted by atomic mass is 32.2. The number of sulfone groups is 1. The van der Waals surface area contributed by atoms with E-state index in [-0.39, 0.29) is 11.7 Å². The highest BCUT2D eigenvalue weighted by Gasteiger charge is 2.28. The Morgan fingerprint density at radius 2 is 2.14 bits per heavy atom. The largest absolute Gasteiger partial charge is 0.311 e. The molecule has 0 radical (unpaired) electrons. The number of aromatic nitrogens is 1. The van der Waals surface area contributed by atoms with E-state index < -0.39 is 15.6 Å². The van der Waals surface area contributed by atoms with Crippen molar-refractivity contribution in [1.29, 1.82) is 0 Å². The van der Waals surface area contributed by atoms with E-state index in [0.717, 1.165) is 22.7 Å². The van der Waals surface area contributed by atoms with Crippen molar-refractivity contribution in [3.8, 4) is 0 Å². The number of benzene rings is 1. The Labute approximate surface area is 133 Å². The Morgan fingerprint density at radius 3 is 2.86 bits per heavy atom. The molecule has 0 bridgehead atoms. The van der Waals surface area contributed by atoms with Crippen LogP contribution < -0.4 is 4.90 Å². The van der Waals surface area contributed by atoms with Gasteiger partial charge < -0.3 is 4.90 Å². The number of hydrogen-bond donors (Lipinski definition) is 0. The maximum absolute atomic E-state index is 12.4. The van der Waals surface area contributed by atoms with Crippen molar-refractivity contribution in [2.24, 2.45) is 0 Å². The predicted octanol–water partition coefficient (Wildman–Crippen LogP) is 1.96. The fourth-order valence-electron chi connectivity index (χ4n) is 2.60. The number of anilines is 1. The first-order valence-corrected chi connectivity index (χ1v) is 9.58. The molecule has 7 heteroatoms. The number of para-hydroxylation sites is 1. The molecule has 0 fully saturated rings. The van der Waals surface area contributed by atoms with Crippen molar-refractivity contribution in [2.45, 2.75) is 19.1 Å². The molecule has 22 heavy (non-hydrogen) atoms. The summed E-state index contributed by atoms with van der Waals surface area (Å²) in [4.78, 5) is 18.6. The van der Waals surface area contributed by atoms with Gasteiger partial charge in [-0.05, 0) is 25.0 Å². The second kappa shape index (κ2) is 5.81. The van der Waals surface area contributed by atoms with Crippen LogP contribution in [0.25, 0.3) is 0 Å². The van der Waals surface area contributed by atoms with E-state index in [9.17, 15) is 13.2 Å². The molecule has 1 aromatic heterocycles. The van der Waals surface area contributed by atoms with Crippen LogP contribution in [0, 0.1) is 6.92 Å². The molecule has 0 spiro atoms. The zero-order valence-corrected chi connectivity index (χ0v) is 13.8. The normalized spacial score (nSPS) is 14.1. The number of nitrogens with zero attached hydrogens (tertiary/aromatic N) is 2. The lowest BCUT2D eigenvalue weighted by Gasteiger charge is -2.17. The summed E-state index contributed by atoms with van der Waals surface area (Å²) in [7, 11) is -3.48. The van der Waals surface area contributed by atoms with Crippen LogP contribution in [0.1, 0.15) is 15.4 Å². The van der Waals surface area contributed by atoms with Gasteiger partial charge in [0.2, 0.25) is 5.91 Å². The van der Waals surface area contributed by atoms with Gasteiger partial charge in [-0.15, -0.1) is 11.3 Å². The van der Waals surface area contributed by atoms with E-state index in [1.807, 2.05) is 31.2 Å². The fourth-order valence-corrected chi connectivity index (χ4v) is 5.11. The van der Waals surface area contributed by atoms with Crippen LogP contribution in [-0.2, 0) is 26.8 Å². The summed E-state index contributed by atoms with van der Waals surface area (Å²) in [6, 6.07) is 7.62. The maximum Gasteiger partial charge on any atom is 0.242 e. The summed E-state index contributed by atoms with van der Waals surface area (Å²) in [6.45, 7) is 2.38. The second-order valence-corrected chi connectivity index (χ2v) is 8.69. The number of thiazole rings is 1. The molecule has 0 saturated heterocycles. The van der Waals surface area contributed by atoms with Crippen LogP contribution in [-0.4, -0.2) is 31.6 Å². The first-order valence-electron chi connectivity index (χ1n) is 6.94. The molecule has 3 rings (SSSR count). The second-order valence-electron chi connectivity index (χ2n) is 5.30. The zero-order valence-electron chi connectivity index (χ0n) is 12.2. The van der Waals surface area contributed by atoms with E-state index in [2.05, 4.69) is 4.98 Å². The summed E-state index contributed by atoms with van der Waals surface area (Å²) in [5.41, 5.74) is 1.92. The van der Waals surface area contributed by atoms with Crippen LogP contribution in [0.4, 0.5) is 5.69 Å². The van der Waals surface area contributed by atoms with Gasteiger partial charge in [-0.2, -0.15) is 0 Å². The van der Waals surface area contributed by atoms with E-state index in [1.165, 1.54) is 11.3 Å². The topological polar surface area (TPSA) is 67.3 Å². The molecule has 1 amide bonds. The molecule has 116 valence electrons. The number of aryl methyl sites for hydroxylation is 1. The lowest BCUT2D eigenvalue weighted by Crippen LogP contribution is -2.34. The number of hydrogen-bond acceptors (Lipinski definition) is 5. The summed E-state index contributed by atoms with van der Waals surface area (Å²) in [5, 5.41) is 0.824. The van der Waals surface area contributed by atoms with Gasteiger partial charge in [0.25, 0.3) is 0 Å². The Morgan fingerprint density at radius 1 is 1.36 bits per heavy atom. The molecule has 0 saturated carbocycles. The molecule has 5 nitrogen and oxygen atoms in total. The first-order chi connectivity index (χ1) is 10.4. The Kier molecular flexibility index (Phi) is 4.01. The molecule has 0 N–H and O–H groups in total. The molecule has 0 unspecified atom stereocenters. The van der Waals surface area contributed by atoms with E-state index >= 15 is 0 Å². The summed E-state index contributed by atoms with van der Waals surface area (Å²) < 4.78 is 24.4. The summed E-state index contributed by atoms with van der Waals surface area (Å²) in [6.07, 6.45) is 2.34. The third-order valence-corrected chi connectivity index (χ3v) is 6.10. The van der Waals surface area contributed by atoms with Crippen LogP contribution in [0.5, 0.6) is 0 Å². The van der Waals surface area contributed by atoms with Gasteiger partial charge in [0.15, 0.2) is 9.84 Å². The van der Waals surface area contributed by atoms with Crippen LogP contribution in [0.2, 0.25) is 0 Å². The Bertz CT molecular complexity index is 812. The average molecular weight is 336 g/mol. The monoisotopic (exact) mass is 336 g/mol. The Hall–Kier alpha value is -1.73. The van der Waals surface area contributed by atoms with Gasteiger partial charge in [0, 0.05) is 23.3 Å². The van der Waals surface area contributed by atoms with Gasteiger partial charge in [0.05, 0.1) is 10.8 Å². The van der Waals surface area contributed by atoms with Gasteiger partial charge in [-0.1, -0.05) is 18.2 Å². The van der Waals surface area contributed by atoms with Crippen molar-refractivity contribution >= 4 is 32.8 Å². The quantitative estimate of drug-likeness (QED) is 0.856. The number of rotatable bonds is 4. The third kappa shape index (κ3) is 3.20. The molecule has 0 aliphatic carbocycles. The molecule has 1 aromatic carbocycles. The summed E-state index contributed by atoms with van der Waals surface area (Å²) in [5.74, 6) is -0.941. The summed E-state index contributed by atoms with van der Waals surface area (Å²) >= 11 is 1.35. The number of carbonyl (C=O) groups is 1. The lowest BCUT2D eigenvalue weighted by molar-refractivity contribution is -0.116. The Balaban J connectivity index is 1.72. The predicted molar refractivity (Wildman–Crippen MR) is 86.8 cm³/mol. The van der Waals surface area contributed by atoms with E-state index in [4.69, 9.17) is 0 Å². The van der Waals surface area contributed by atoms with Crippen molar-refractivity contribution in [1.82, 2.24) is 4.98 Å². The fraction of sp³-hybridized carbons (Fsp3) is 0.333. The maximum atomic E-state index is 12.4. The smallest absolute Gasteiger partial charge is 0.242 e. The number of carbonyl (C=O) groups excluding carboxylic acids is 1. The van der Waals surface area contributed by atoms with Gasteiger partial charge in [-0.3, -0.25) is 4.79 Å². The number of amides is 1. The highest BCUT2D eigenvalue weighted by Crippen LogP contribution is 2.27. The van der Waals surface area contributed by atoms with Crippen LogP contribution in [0.15, 0.2) is 30.5 Å². The minimum absolute atomic E-state index is 0.125. The zero-order chi connectivity index (χ0) is 15.7. The molecule has 1 aliphatic rings. The molecule has 0 atom stereocenters. The SMILES string of the molecule is Cc1ncc(CS(=O)(=O)CC(=O)N2CCc3ccccc32)s1. The van der Waals surface area contributed by atoms with Crippen molar-refractivity contribution in [3.05, 3.63) is 45.9 Å². The van der Waals surface area contributed by atoms with Gasteiger partial charge >= 0.3 is 0 Å². The lowest BCUT2D eigenvalue weighted by atomic mass is 10.2. The van der Waals surface area contributed by atoms with Gasteiger partial charge in [0.1, 0.15) is 5.75 Å². The van der Waals surface area contributed by atoms with Crippen molar-refractivity contribution in [3.63, 3.8) is 0 Å². The third-order valence-electron chi connectivity index (χ3n) is 3.56. The standard InChI is InChI=1S/C15H16N2O3S2/c1-11-16-8-13(21-11)9-22(19,20)10-15(18)17-7-6-12-4-2-3-5-14(12)17/h2-5,8H,6-7,9-10H2,1H3. The van der Waals surface area contributed by atoms with E-state index in [0.29, 0.717) is 11.4 Å². The highest BCUT2D eigenvalue weighted by molar-refractivity contribution is 7.91. The molecule has 2 aromatic rings. The molecular weight excluding hydrogens is 320 g/mol. The van der Waals surface area contributed by atoms with Crippen molar-refractivity contribution in [2.75, 3.05) is 17.2 Å². The van der Waals surface area contributed by atoms with Crippen molar-refractivity contribution < 1.29 is 13.2 Å². The minimum atomic E-state index is -3.48. The molecule has 2 heterocycles. The first kappa shape index (κ1) is 15.2. The number of fused-ring (bicyclic) bond motifs is 1. The van der Waals surface area contributed by atoms with Crippen LogP contribution >= 0.6 is 11.3 Å². The average Bonchev–Trinajstić information content (AvgIpc) is 3.03. The van der Waals surface area contributed by atoms with E-state index in [1.54, 1.807) is 11.1 Å². The minimum Gasteiger partial charge on any atom is -0.311 e. The molecular formula is C15H16N2O3S2. The van der Waals surface area contributed by atoms with Gasteiger partial charge in [-0.25, -0.2) is 13.4 Å². The van der Waals surface area contributed by atoms with Crippen LogP contribution in [0.3, 0.4) is 0 Å². The molecule has 1 aliphatic heterocycles.